The molecule has 168 valence electrons. The SMILES string of the molecule is Cc1cc(-c2nnc(CCC(=O)N3CCN(Cc4ccc5c(c4)OCO5)CC3)o2)c(C)o1. The van der Waals surface area contributed by atoms with E-state index >= 15 is 0 Å². The summed E-state index contributed by atoms with van der Waals surface area (Å²) in [7, 11) is 0. The summed E-state index contributed by atoms with van der Waals surface area (Å²) in [6.07, 6.45) is 0.784. The number of nitrogens with zero attached hydrogens (tertiary/aromatic N) is 4. The number of fused-ring (bicyclic) bond motifs is 1. The summed E-state index contributed by atoms with van der Waals surface area (Å²) in [5.74, 6) is 4.15. The lowest BCUT2D eigenvalue weighted by Crippen LogP contribution is -2.48. The summed E-state index contributed by atoms with van der Waals surface area (Å²) in [5.41, 5.74) is 1.98. The predicted octanol–water partition coefficient (Wildman–Crippen LogP) is 2.95. The number of carbonyl (C=O) groups is 1. The Bertz CT molecular complexity index is 1110. The van der Waals surface area contributed by atoms with E-state index in [1.807, 2.05) is 36.9 Å². The van der Waals surface area contributed by atoms with E-state index in [2.05, 4.69) is 21.2 Å². The maximum atomic E-state index is 12.7. The number of carbonyl (C=O) groups excluding carboxylic acids is 1. The van der Waals surface area contributed by atoms with Crippen LogP contribution in [0.5, 0.6) is 11.5 Å². The second kappa shape index (κ2) is 8.66. The Labute approximate surface area is 185 Å². The van der Waals surface area contributed by atoms with Gasteiger partial charge in [0, 0.05) is 45.6 Å². The van der Waals surface area contributed by atoms with Crippen LogP contribution in [0, 0.1) is 13.8 Å². The fraction of sp³-hybridized carbons (Fsp3) is 0.435. The molecule has 1 fully saturated rings. The molecule has 0 aliphatic carbocycles. The van der Waals surface area contributed by atoms with E-state index in [0.29, 0.717) is 37.7 Å². The van der Waals surface area contributed by atoms with Crippen molar-refractivity contribution in [2.24, 2.45) is 0 Å². The molecule has 0 unspecified atom stereocenters. The van der Waals surface area contributed by atoms with E-state index in [4.69, 9.17) is 18.3 Å². The third-order valence-electron chi connectivity index (χ3n) is 5.86. The van der Waals surface area contributed by atoms with Crippen molar-refractivity contribution in [1.82, 2.24) is 20.0 Å². The number of rotatable bonds is 6. The first-order chi connectivity index (χ1) is 15.5. The van der Waals surface area contributed by atoms with Gasteiger partial charge >= 0.3 is 0 Å². The van der Waals surface area contributed by atoms with Gasteiger partial charge in [-0.1, -0.05) is 6.07 Å². The zero-order valence-electron chi connectivity index (χ0n) is 18.3. The van der Waals surface area contributed by atoms with Gasteiger partial charge in [-0.3, -0.25) is 9.69 Å². The number of hydrogen-bond acceptors (Lipinski definition) is 8. The first-order valence-electron chi connectivity index (χ1n) is 10.8. The van der Waals surface area contributed by atoms with E-state index in [0.717, 1.165) is 48.2 Å². The summed E-state index contributed by atoms with van der Waals surface area (Å²) in [6, 6.07) is 7.93. The highest BCUT2D eigenvalue weighted by Crippen LogP contribution is 2.33. The molecule has 1 saturated heterocycles. The lowest BCUT2D eigenvalue weighted by molar-refractivity contribution is -0.133. The van der Waals surface area contributed by atoms with E-state index in [-0.39, 0.29) is 12.7 Å². The second-order valence-corrected chi connectivity index (χ2v) is 8.17. The molecule has 9 heteroatoms. The van der Waals surface area contributed by atoms with Gasteiger partial charge in [-0.2, -0.15) is 0 Å². The largest absolute Gasteiger partial charge is 0.466 e. The van der Waals surface area contributed by atoms with Crippen LogP contribution in [0.15, 0.2) is 33.1 Å². The molecule has 9 nitrogen and oxygen atoms in total. The van der Waals surface area contributed by atoms with Crippen LogP contribution in [-0.4, -0.2) is 58.9 Å². The standard InChI is InChI=1S/C23H26N4O5/c1-15-11-18(16(2)31-15)23-25-24-21(32-23)5-6-22(28)27-9-7-26(8-10-27)13-17-3-4-19-20(12-17)30-14-29-19/h3-4,11-12H,5-10,13-14H2,1-2H3. The Balaban J connectivity index is 1.09. The molecule has 0 bridgehead atoms. The molecule has 0 radical (unpaired) electrons. The number of hydrogen-bond donors (Lipinski definition) is 0. The summed E-state index contributed by atoms with van der Waals surface area (Å²) in [4.78, 5) is 16.9. The zero-order chi connectivity index (χ0) is 22.1. The minimum atomic E-state index is 0.114. The Morgan fingerprint density at radius 1 is 1.00 bits per heavy atom. The summed E-state index contributed by atoms with van der Waals surface area (Å²) in [6.45, 7) is 7.96. The van der Waals surface area contributed by atoms with Gasteiger partial charge in [0.25, 0.3) is 5.89 Å². The van der Waals surface area contributed by atoms with E-state index < -0.39 is 0 Å². The first kappa shape index (κ1) is 20.6. The molecule has 1 amide bonds. The van der Waals surface area contributed by atoms with Crippen molar-refractivity contribution in [2.45, 2.75) is 33.2 Å². The van der Waals surface area contributed by atoms with Gasteiger partial charge in [0.15, 0.2) is 11.5 Å². The molecule has 2 aromatic heterocycles. The molecule has 3 aromatic rings. The van der Waals surface area contributed by atoms with Crippen LogP contribution in [0.2, 0.25) is 0 Å². The van der Waals surface area contributed by atoms with Crippen molar-refractivity contribution < 1.29 is 23.1 Å². The molecule has 0 saturated carbocycles. The monoisotopic (exact) mass is 438 g/mol. The molecule has 2 aliphatic rings. The highest BCUT2D eigenvalue weighted by atomic mass is 16.7. The molecule has 0 atom stereocenters. The molecular formula is C23H26N4O5. The van der Waals surface area contributed by atoms with Crippen molar-refractivity contribution in [3.05, 3.63) is 47.2 Å². The number of ether oxygens (including phenoxy) is 2. The van der Waals surface area contributed by atoms with Crippen LogP contribution in [0.25, 0.3) is 11.5 Å². The van der Waals surface area contributed by atoms with Crippen LogP contribution in [0.3, 0.4) is 0 Å². The minimum Gasteiger partial charge on any atom is -0.466 e. The van der Waals surface area contributed by atoms with Gasteiger partial charge in [0.05, 0.1) is 5.56 Å². The number of aryl methyl sites for hydroxylation is 3. The fourth-order valence-electron chi connectivity index (χ4n) is 4.13. The Morgan fingerprint density at radius 3 is 2.59 bits per heavy atom. The van der Waals surface area contributed by atoms with Crippen LogP contribution >= 0.6 is 0 Å². The highest BCUT2D eigenvalue weighted by molar-refractivity contribution is 5.76. The van der Waals surface area contributed by atoms with E-state index in [9.17, 15) is 4.79 Å². The Hall–Kier alpha value is -3.33. The van der Waals surface area contributed by atoms with E-state index in [1.165, 1.54) is 5.56 Å². The molecule has 2 aliphatic heterocycles. The molecule has 4 heterocycles. The number of aromatic nitrogens is 2. The summed E-state index contributed by atoms with van der Waals surface area (Å²) in [5, 5.41) is 8.18. The third-order valence-corrected chi connectivity index (χ3v) is 5.86. The normalized spacial score (nSPS) is 16.0. The summed E-state index contributed by atoms with van der Waals surface area (Å²) < 4.78 is 22.1. The summed E-state index contributed by atoms with van der Waals surface area (Å²) >= 11 is 0. The van der Waals surface area contributed by atoms with Gasteiger partial charge in [0.2, 0.25) is 18.6 Å². The fourth-order valence-corrected chi connectivity index (χ4v) is 4.13. The molecule has 32 heavy (non-hydrogen) atoms. The number of piperazine rings is 1. The van der Waals surface area contributed by atoms with Crippen molar-refractivity contribution in [1.29, 1.82) is 0 Å². The highest BCUT2D eigenvalue weighted by Gasteiger charge is 2.23. The van der Waals surface area contributed by atoms with Crippen molar-refractivity contribution in [3.63, 3.8) is 0 Å². The second-order valence-electron chi connectivity index (χ2n) is 8.17. The molecule has 0 N–H and O–H groups in total. The molecule has 1 aromatic carbocycles. The maximum Gasteiger partial charge on any atom is 0.251 e. The van der Waals surface area contributed by atoms with Crippen molar-refractivity contribution in [3.8, 4) is 23.0 Å². The van der Waals surface area contributed by atoms with E-state index in [1.54, 1.807) is 0 Å². The maximum absolute atomic E-state index is 12.7. The topological polar surface area (TPSA) is 94.1 Å². The predicted molar refractivity (Wildman–Crippen MR) is 114 cm³/mol. The number of furan rings is 1. The van der Waals surface area contributed by atoms with Gasteiger partial charge in [0.1, 0.15) is 11.5 Å². The number of amides is 1. The van der Waals surface area contributed by atoms with Gasteiger partial charge < -0.3 is 23.2 Å². The van der Waals surface area contributed by atoms with Gasteiger partial charge in [-0.25, -0.2) is 0 Å². The zero-order valence-corrected chi connectivity index (χ0v) is 18.3. The average molecular weight is 438 g/mol. The lowest BCUT2D eigenvalue weighted by Gasteiger charge is -2.34. The average Bonchev–Trinajstić information content (AvgIpc) is 3.52. The van der Waals surface area contributed by atoms with Crippen molar-refractivity contribution in [2.75, 3.05) is 33.0 Å². The van der Waals surface area contributed by atoms with Crippen LogP contribution in [0.1, 0.15) is 29.4 Å². The lowest BCUT2D eigenvalue weighted by atomic mass is 10.1. The molecular weight excluding hydrogens is 412 g/mol. The quantitative estimate of drug-likeness (QED) is 0.580. The van der Waals surface area contributed by atoms with Crippen LogP contribution in [0.4, 0.5) is 0 Å². The minimum absolute atomic E-state index is 0.114. The first-order valence-corrected chi connectivity index (χ1v) is 10.8. The molecule has 5 rings (SSSR count). The Kier molecular flexibility index (Phi) is 5.57. The Morgan fingerprint density at radius 2 is 1.81 bits per heavy atom. The third kappa shape index (κ3) is 4.34. The van der Waals surface area contributed by atoms with Gasteiger partial charge in [-0.05, 0) is 37.6 Å². The number of benzene rings is 1. The van der Waals surface area contributed by atoms with Crippen LogP contribution in [-0.2, 0) is 17.8 Å². The molecule has 0 spiro atoms. The van der Waals surface area contributed by atoms with Gasteiger partial charge in [-0.15, -0.1) is 10.2 Å². The van der Waals surface area contributed by atoms with Crippen molar-refractivity contribution >= 4 is 5.91 Å². The smallest absolute Gasteiger partial charge is 0.251 e. The van der Waals surface area contributed by atoms with Crippen LogP contribution < -0.4 is 9.47 Å².